The summed E-state index contributed by atoms with van der Waals surface area (Å²) in [4.78, 5) is 25.4. The highest BCUT2D eigenvalue weighted by atomic mass is 16.6. The molecule has 0 amide bonds. The summed E-state index contributed by atoms with van der Waals surface area (Å²) >= 11 is 0. The number of carbonyl (C=O) groups is 1. The average molecular weight is 430 g/mol. The maximum atomic E-state index is 13.2. The molecule has 1 heterocycles. The number of hydrogen-bond donors (Lipinski definition) is 0. The minimum Gasteiger partial charge on any atom is -0.497 e. The van der Waals surface area contributed by atoms with Gasteiger partial charge in [0.05, 0.1) is 12.5 Å². The van der Waals surface area contributed by atoms with E-state index in [-0.39, 0.29) is 23.5 Å². The number of hydrogen-bond acceptors (Lipinski definition) is 6. The van der Waals surface area contributed by atoms with E-state index in [9.17, 15) is 9.59 Å². The predicted molar refractivity (Wildman–Crippen MR) is 121 cm³/mol. The number of rotatable bonds is 7. The molecule has 0 saturated heterocycles. The second-order valence-electron chi connectivity index (χ2n) is 7.25. The summed E-state index contributed by atoms with van der Waals surface area (Å²) in [7, 11) is 1.57. The summed E-state index contributed by atoms with van der Waals surface area (Å²) in [6.45, 7) is 1.62. The minimum absolute atomic E-state index is 0.0387. The highest BCUT2D eigenvalue weighted by Crippen LogP contribution is 2.32. The fraction of sp³-hybridized carbons (Fsp3) is 0.154. The third-order valence-electron chi connectivity index (χ3n) is 4.94. The van der Waals surface area contributed by atoms with Crippen LogP contribution in [-0.2, 0) is 16.1 Å². The average Bonchev–Trinajstić information content (AvgIpc) is 2.82. The standard InChI is InChI=1S/C26H22O6/c1-17-8-13-21-22(14-17)32-25(19-9-11-20(29-2)12-10-19)26(24(21)28)31-16-23(27)30-15-18-6-4-3-5-7-18/h3-14H,15-16H2,1-2H3. The van der Waals surface area contributed by atoms with Crippen molar-refractivity contribution in [2.75, 3.05) is 13.7 Å². The molecule has 6 heteroatoms. The van der Waals surface area contributed by atoms with Crippen LogP contribution in [0.2, 0.25) is 0 Å². The van der Waals surface area contributed by atoms with E-state index in [2.05, 4.69) is 0 Å². The van der Waals surface area contributed by atoms with Crippen LogP contribution in [0.4, 0.5) is 0 Å². The molecule has 0 radical (unpaired) electrons. The Morgan fingerprint density at radius 1 is 0.969 bits per heavy atom. The van der Waals surface area contributed by atoms with Crippen LogP contribution in [0.5, 0.6) is 11.5 Å². The van der Waals surface area contributed by atoms with Gasteiger partial charge in [-0.25, -0.2) is 4.79 Å². The zero-order chi connectivity index (χ0) is 22.5. The van der Waals surface area contributed by atoms with Gasteiger partial charge in [-0.05, 0) is 54.4 Å². The second kappa shape index (κ2) is 9.39. The highest BCUT2D eigenvalue weighted by Gasteiger charge is 2.19. The number of esters is 1. The molecule has 162 valence electrons. The second-order valence-corrected chi connectivity index (χ2v) is 7.25. The van der Waals surface area contributed by atoms with Gasteiger partial charge in [-0.2, -0.15) is 0 Å². The Morgan fingerprint density at radius 2 is 1.72 bits per heavy atom. The Kier molecular flexibility index (Phi) is 6.22. The van der Waals surface area contributed by atoms with Crippen LogP contribution in [-0.4, -0.2) is 19.7 Å². The number of carbonyl (C=O) groups excluding carboxylic acids is 1. The van der Waals surface area contributed by atoms with Crippen molar-refractivity contribution in [3.63, 3.8) is 0 Å². The zero-order valence-electron chi connectivity index (χ0n) is 17.8. The molecule has 0 N–H and O–H groups in total. The van der Waals surface area contributed by atoms with E-state index in [1.54, 1.807) is 43.5 Å². The van der Waals surface area contributed by atoms with E-state index in [0.29, 0.717) is 22.3 Å². The molecule has 0 bridgehead atoms. The molecule has 0 aliphatic carbocycles. The first-order chi connectivity index (χ1) is 15.5. The van der Waals surface area contributed by atoms with Gasteiger partial charge < -0.3 is 18.6 Å². The van der Waals surface area contributed by atoms with E-state index in [0.717, 1.165) is 11.1 Å². The van der Waals surface area contributed by atoms with Crippen LogP contribution in [0.25, 0.3) is 22.3 Å². The van der Waals surface area contributed by atoms with Gasteiger partial charge in [-0.3, -0.25) is 4.79 Å². The molecular formula is C26H22O6. The van der Waals surface area contributed by atoms with Crippen molar-refractivity contribution in [3.05, 3.63) is 94.1 Å². The Balaban J connectivity index is 1.63. The molecule has 0 fully saturated rings. The van der Waals surface area contributed by atoms with Crippen molar-refractivity contribution >= 4 is 16.9 Å². The molecule has 1 aromatic heterocycles. The van der Waals surface area contributed by atoms with Crippen LogP contribution < -0.4 is 14.9 Å². The van der Waals surface area contributed by atoms with Crippen LogP contribution in [0.3, 0.4) is 0 Å². The molecule has 0 aliphatic heterocycles. The Morgan fingerprint density at radius 3 is 2.44 bits per heavy atom. The third kappa shape index (κ3) is 4.64. The first kappa shape index (κ1) is 21.2. The van der Waals surface area contributed by atoms with E-state index in [1.807, 2.05) is 43.3 Å². The number of aryl methyl sites for hydroxylation is 1. The van der Waals surface area contributed by atoms with Gasteiger partial charge in [0.2, 0.25) is 11.2 Å². The highest BCUT2D eigenvalue weighted by molar-refractivity contribution is 5.83. The predicted octanol–water partition coefficient (Wildman–Crippen LogP) is 4.90. The maximum Gasteiger partial charge on any atom is 0.344 e. The number of fused-ring (bicyclic) bond motifs is 1. The van der Waals surface area contributed by atoms with Crippen molar-refractivity contribution in [2.45, 2.75) is 13.5 Å². The first-order valence-electron chi connectivity index (χ1n) is 10.1. The molecular weight excluding hydrogens is 408 g/mol. The van der Waals surface area contributed by atoms with Gasteiger partial charge in [0.15, 0.2) is 12.4 Å². The van der Waals surface area contributed by atoms with Crippen LogP contribution in [0.15, 0.2) is 82.0 Å². The Bertz CT molecular complexity index is 1290. The number of benzene rings is 3. The van der Waals surface area contributed by atoms with Crippen molar-refractivity contribution < 1.29 is 23.4 Å². The summed E-state index contributed by atoms with van der Waals surface area (Å²) in [5, 5.41) is 0.375. The Labute approximate surface area is 185 Å². The van der Waals surface area contributed by atoms with E-state index in [4.69, 9.17) is 18.6 Å². The van der Waals surface area contributed by atoms with Crippen LogP contribution in [0.1, 0.15) is 11.1 Å². The van der Waals surface area contributed by atoms with Gasteiger partial charge >= 0.3 is 5.97 Å². The summed E-state index contributed by atoms with van der Waals surface area (Å²) in [5.74, 6) is 0.285. The third-order valence-corrected chi connectivity index (χ3v) is 4.94. The molecule has 0 atom stereocenters. The molecule has 4 rings (SSSR count). The van der Waals surface area contributed by atoms with E-state index >= 15 is 0 Å². The Hall–Kier alpha value is -4.06. The van der Waals surface area contributed by atoms with Gasteiger partial charge in [-0.15, -0.1) is 0 Å². The lowest BCUT2D eigenvalue weighted by Gasteiger charge is -2.12. The fourth-order valence-corrected chi connectivity index (χ4v) is 3.26. The maximum absolute atomic E-state index is 13.2. The van der Waals surface area contributed by atoms with E-state index < -0.39 is 12.6 Å². The zero-order valence-corrected chi connectivity index (χ0v) is 17.8. The first-order valence-corrected chi connectivity index (χ1v) is 10.1. The molecule has 3 aromatic carbocycles. The monoisotopic (exact) mass is 430 g/mol. The normalized spacial score (nSPS) is 10.7. The lowest BCUT2D eigenvalue weighted by molar-refractivity contribution is -0.147. The molecule has 0 aliphatic rings. The van der Waals surface area contributed by atoms with Gasteiger partial charge in [0, 0.05) is 5.56 Å². The van der Waals surface area contributed by atoms with Crippen molar-refractivity contribution in [1.29, 1.82) is 0 Å². The van der Waals surface area contributed by atoms with Gasteiger partial charge in [0.25, 0.3) is 0 Å². The summed E-state index contributed by atoms with van der Waals surface area (Å²) in [6.07, 6.45) is 0. The molecule has 4 aromatic rings. The smallest absolute Gasteiger partial charge is 0.344 e. The largest absolute Gasteiger partial charge is 0.497 e. The molecule has 32 heavy (non-hydrogen) atoms. The minimum atomic E-state index is -0.585. The van der Waals surface area contributed by atoms with Crippen LogP contribution in [0, 0.1) is 6.92 Å². The van der Waals surface area contributed by atoms with E-state index in [1.165, 1.54) is 0 Å². The molecule has 0 spiro atoms. The lowest BCUT2D eigenvalue weighted by atomic mass is 10.1. The summed E-state index contributed by atoms with van der Waals surface area (Å²) in [6, 6.07) is 21.7. The van der Waals surface area contributed by atoms with Gasteiger partial charge in [0.1, 0.15) is 17.9 Å². The van der Waals surface area contributed by atoms with Crippen molar-refractivity contribution in [3.8, 4) is 22.8 Å². The summed E-state index contributed by atoms with van der Waals surface area (Å²) < 4.78 is 22.2. The van der Waals surface area contributed by atoms with Gasteiger partial charge in [-0.1, -0.05) is 36.4 Å². The summed E-state index contributed by atoms with van der Waals surface area (Å²) in [5.41, 5.74) is 2.53. The molecule has 0 saturated carbocycles. The quantitative estimate of drug-likeness (QED) is 0.388. The fourth-order valence-electron chi connectivity index (χ4n) is 3.26. The SMILES string of the molecule is COc1ccc(-c2oc3cc(C)ccc3c(=O)c2OCC(=O)OCc2ccccc2)cc1. The molecule has 0 unspecified atom stereocenters. The van der Waals surface area contributed by atoms with Crippen LogP contribution >= 0.6 is 0 Å². The molecule has 6 nitrogen and oxygen atoms in total. The van der Waals surface area contributed by atoms with Crippen molar-refractivity contribution in [1.82, 2.24) is 0 Å². The lowest BCUT2D eigenvalue weighted by Crippen LogP contribution is -2.19. The number of ether oxygens (including phenoxy) is 3. The van der Waals surface area contributed by atoms with Crippen molar-refractivity contribution in [2.24, 2.45) is 0 Å². The number of methoxy groups -OCH3 is 1. The topological polar surface area (TPSA) is 75.0 Å².